The van der Waals surface area contributed by atoms with Crippen molar-refractivity contribution in [2.75, 3.05) is 7.11 Å². The van der Waals surface area contributed by atoms with Crippen molar-refractivity contribution in [3.05, 3.63) is 29.8 Å². The Morgan fingerprint density at radius 2 is 2.10 bits per heavy atom. The summed E-state index contributed by atoms with van der Waals surface area (Å²) in [7, 11) is 1.56. The zero-order valence-electron chi connectivity index (χ0n) is 12.0. The second kappa shape index (κ2) is 7.37. The van der Waals surface area contributed by atoms with Gasteiger partial charge in [-0.05, 0) is 12.0 Å². The Bertz CT molecular complexity index is 486. The number of nitrogens with zero attached hydrogens (tertiary/aromatic N) is 1. The van der Waals surface area contributed by atoms with Crippen LogP contribution >= 0.6 is 0 Å². The average molecular weight is 279 g/mol. The van der Waals surface area contributed by atoms with E-state index >= 15 is 0 Å². The van der Waals surface area contributed by atoms with Gasteiger partial charge in [-0.15, -0.1) is 0 Å². The molecule has 0 aliphatic carbocycles. The van der Waals surface area contributed by atoms with E-state index in [2.05, 4.69) is 10.5 Å². The number of para-hydroxylation sites is 1. The largest absolute Gasteiger partial charge is 0.496 e. The molecule has 1 aromatic carbocycles. The summed E-state index contributed by atoms with van der Waals surface area (Å²) in [6.45, 7) is 3.76. The van der Waals surface area contributed by atoms with Gasteiger partial charge in [-0.25, -0.2) is 0 Å². The molecule has 0 spiro atoms. The number of amidine groups is 1. The van der Waals surface area contributed by atoms with Crippen molar-refractivity contribution in [3.8, 4) is 5.75 Å². The third kappa shape index (κ3) is 4.15. The Kier molecular flexibility index (Phi) is 5.83. The van der Waals surface area contributed by atoms with Crippen molar-refractivity contribution in [3.63, 3.8) is 0 Å². The van der Waals surface area contributed by atoms with Gasteiger partial charge in [0.15, 0.2) is 5.84 Å². The quantitative estimate of drug-likeness (QED) is 0.315. The molecule has 6 nitrogen and oxygen atoms in total. The number of carbonyl (C=O) groups excluding carboxylic acids is 1. The lowest BCUT2D eigenvalue weighted by Gasteiger charge is -2.21. The average Bonchev–Trinajstić information content (AvgIpc) is 2.44. The van der Waals surface area contributed by atoms with Crippen LogP contribution in [0, 0.1) is 5.92 Å². The first-order chi connectivity index (χ1) is 9.49. The van der Waals surface area contributed by atoms with Gasteiger partial charge in [0.25, 0.3) is 0 Å². The van der Waals surface area contributed by atoms with Gasteiger partial charge < -0.3 is 21.0 Å². The molecule has 1 aromatic rings. The van der Waals surface area contributed by atoms with Crippen LogP contribution in [0.3, 0.4) is 0 Å². The minimum Gasteiger partial charge on any atom is -0.496 e. The van der Waals surface area contributed by atoms with Crippen molar-refractivity contribution in [1.29, 1.82) is 0 Å². The van der Waals surface area contributed by atoms with Crippen LogP contribution in [0.5, 0.6) is 5.75 Å². The second-order valence-corrected chi connectivity index (χ2v) is 4.80. The first-order valence-corrected chi connectivity index (χ1v) is 6.38. The van der Waals surface area contributed by atoms with E-state index in [4.69, 9.17) is 15.7 Å². The molecule has 0 fully saturated rings. The molecule has 0 aliphatic rings. The lowest BCUT2D eigenvalue weighted by Crippen LogP contribution is -2.48. The number of oxime groups is 1. The molecular weight excluding hydrogens is 258 g/mol. The Morgan fingerprint density at radius 1 is 1.45 bits per heavy atom. The third-order valence-electron chi connectivity index (χ3n) is 2.96. The summed E-state index contributed by atoms with van der Waals surface area (Å²) in [6.07, 6.45) is 0.173. The molecular formula is C14H21N3O3. The Hall–Kier alpha value is -2.24. The molecule has 0 aliphatic heterocycles. The SMILES string of the molecule is COc1ccccc1CC(=O)NC(C(N)=NO)C(C)C. The molecule has 110 valence electrons. The molecule has 20 heavy (non-hydrogen) atoms. The first kappa shape index (κ1) is 15.8. The molecule has 1 atom stereocenters. The predicted molar refractivity (Wildman–Crippen MR) is 76.9 cm³/mol. The number of hydrogen-bond donors (Lipinski definition) is 3. The third-order valence-corrected chi connectivity index (χ3v) is 2.96. The fourth-order valence-corrected chi connectivity index (χ4v) is 1.89. The van der Waals surface area contributed by atoms with Crippen molar-refractivity contribution >= 4 is 11.7 Å². The van der Waals surface area contributed by atoms with Gasteiger partial charge in [0.2, 0.25) is 5.91 Å². The van der Waals surface area contributed by atoms with Crippen LogP contribution in [0.1, 0.15) is 19.4 Å². The monoisotopic (exact) mass is 279 g/mol. The maximum absolute atomic E-state index is 12.1. The lowest BCUT2D eigenvalue weighted by atomic mass is 10.0. The Morgan fingerprint density at radius 3 is 2.65 bits per heavy atom. The Labute approximate surface area is 118 Å². The van der Waals surface area contributed by atoms with E-state index in [1.54, 1.807) is 13.2 Å². The number of benzene rings is 1. The first-order valence-electron chi connectivity index (χ1n) is 6.38. The molecule has 0 aromatic heterocycles. The van der Waals surface area contributed by atoms with Gasteiger partial charge in [0, 0.05) is 5.56 Å². The van der Waals surface area contributed by atoms with Crippen LogP contribution in [0.25, 0.3) is 0 Å². The highest BCUT2D eigenvalue weighted by molar-refractivity contribution is 5.90. The summed E-state index contributed by atoms with van der Waals surface area (Å²) in [5, 5.41) is 14.4. The van der Waals surface area contributed by atoms with Gasteiger partial charge in [-0.2, -0.15) is 0 Å². The van der Waals surface area contributed by atoms with Crippen LogP contribution < -0.4 is 15.8 Å². The molecule has 1 unspecified atom stereocenters. The number of methoxy groups -OCH3 is 1. The summed E-state index contributed by atoms with van der Waals surface area (Å²) in [5.74, 6) is 0.466. The highest BCUT2D eigenvalue weighted by Crippen LogP contribution is 2.17. The summed E-state index contributed by atoms with van der Waals surface area (Å²) >= 11 is 0. The lowest BCUT2D eigenvalue weighted by molar-refractivity contribution is -0.121. The predicted octanol–water partition coefficient (Wildman–Crippen LogP) is 1.12. The topological polar surface area (TPSA) is 96.9 Å². The highest BCUT2D eigenvalue weighted by Gasteiger charge is 2.21. The van der Waals surface area contributed by atoms with E-state index in [9.17, 15) is 4.79 Å². The van der Waals surface area contributed by atoms with E-state index < -0.39 is 6.04 Å². The van der Waals surface area contributed by atoms with E-state index in [0.717, 1.165) is 5.56 Å². The number of carbonyl (C=O) groups is 1. The van der Waals surface area contributed by atoms with Gasteiger partial charge in [0.1, 0.15) is 5.75 Å². The fourth-order valence-electron chi connectivity index (χ4n) is 1.89. The minimum atomic E-state index is -0.498. The minimum absolute atomic E-state index is 0.00613. The molecule has 0 saturated carbocycles. The zero-order valence-corrected chi connectivity index (χ0v) is 12.0. The fraction of sp³-hybridized carbons (Fsp3) is 0.429. The molecule has 6 heteroatoms. The van der Waals surface area contributed by atoms with Crippen LogP contribution in [0.15, 0.2) is 29.4 Å². The molecule has 4 N–H and O–H groups in total. The van der Waals surface area contributed by atoms with Gasteiger partial charge in [-0.1, -0.05) is 37.2 Å². The van der Waals surface area contributed by atoms with E-state index in [1.165, 1.54) is 0 Å². The van der Waals surface area contributed by atoms with Crippen LogP contribution in [0.4, 0.5) is 0 Å². The molecule has 0 heterocycles. The van der Waals surface area contributed by atoms with Crippen molar-refractivity contribution in [1.82, 2.24) is 5.32 Å². The second-order valence-electron chi connectivity index (χ2n) is 4.80. The van der Waals surface area contributed by atoms with E-state index in [-0.39, 0.29) is 24.1 Å². The van der Waals surface area contributed by atoms with Crippen molar-refractivity contribution < 1.29 is 14.7 Å². The standard InChI is InChI=1S/C14H21N3O3/c1-9(2)13(14(15)17-19)16-12(18)8-10-6-4-5-7-11(10)20-3/h4-7,9,13,19H,8H2,1-3H3,(H2,15,17)(H,16,18). The molecule has 0 radical (unpaired) electrons. The summed E-state index contributed by atoms with van der Waals surface area (Å²) in [4.78, 5) is 12.1. The highest BCUT2D eigenvalue weighted by atomic mass is 16.5. The number of rotatable bonds is 6. The number of amides is 1. The smallest absolute Gasteiger partial charge is 0.225 e. The van der Waals surface area contributed by atoms with Crippen molar-refractivity contribution in [2.45, 2.75) is 26.3 Å². The number of ether oxygens (including phenoxy) is 1. The van der Waals surface area contributed by atoms with E-state index in [0.29, 0.717) is 5.75 Å². The Balaban J connectivity index is 2.76. The number of nitrogens with one attached hydrogen (secondary N) is 1. The summed E-state index contributed by atoms with van der Waals surface area (Å²) in [6, 6.07) is 6.81. The van der Waals surface area contributed by atoms with Crippen LogP contribution in [0.2, 0.25) is 0 Å². The summed E-state index contributed by atoms with van der Waals surface area (Å²) in [5.41, 5.74) is 6.36. The molecule has 0 bridgehead atoms. The normalized spacial score (nSPS) is 13.1. The maximum Gasteiger partial charge on any atom is 0.225 e. The molecule has 1 rings (SSSR count). The zero-order chi connectivity index (χ0) is 15.1. The van der Waals surface area contributed by atoms with E-state index in [1.807, 2.05) is 32.0 Å². The molecule has 1 amide bonds. The number of nitrogens with two attached hydrogens (primary N) is 1. The van der Waals surface area contributed by atoms with Gasteiger partial charge in [-0.3, -0.25) is 4.79 Å². The molecule has 0 saturated heterocycles. The van der Waals surface area contributed by atoms with Crippen LogP contribution in [-0.4, -0.2) is 30.1 Å². The maximum atomic E-state index is 12.1. The van der Waals surface area contributed by atoms with Gasteiger partial charge in [0.05, 0.1) is 19.6 Å². The van der Waals surface area contributed by atoms with Crippen molar-refractivity contribution in [2.24, 2.45) is 16.8 Å². The number of hydrogen-bond acceptors (Lipinski definition) is 4. The summed E-state index contributed by atoms with van der Waals surface area (Å²) < 4.78 is 5.20. The van der Waals surface area contributed by atoms with Gasteiger partial charge >= 0.3 is 0 Å². The van der Waals surface area contributed by atoms with Crippen LogP contribution in [-0.2, 0) is 11.2 Å².